The Kier molecular flexibility index (Phi) is 6.25. The van der Waals surface area contributed by atoms with E-state index in [4.69, 9.17) is 0 Å². The fraction of sp³-hybridized carbons (Fsp3) is 1.00. The third-order valence-corrected chi connectivity index (χ3v) is 3.43. The highest BCUT2D eigenvalue weighted by Gasteiger charge is 2.24. The Hall–Kier alpha value is -0.500. The molecule has 0 rings (SSSR count). The number of hydrogen-bond acceptors (Lipinski definition) is 6. The third-order valence-electron chi connectivity index (χ3n) is 0.902. The first-order valence-corrected chi connectivity index (χ1v) is 6.49. The smallest absolute Gasteiger partial charge is 0.251 e. The lowest BCUT2D eigenvalue weighted by atomic mass is 10.8. The molecule has 0 aliphatic carbocycles. The van der Waals surface area contributed by atoms with Crippen LogP contribution in [0.1, 0.15) is 0 Å². The van der Waals surface area contributed by atoms with Crippen molar-refractivity contribution >= 4 is 20.6 Å². The summed E-state index contributed by atoms with van der Waals surface area (Å²) in [6.45, 7) is -3.17. The van der Waals surface area contributed by atoms with Crippen LogP contribution in [0.25, 0.3) is 0 Å². The first kappa shape index (κ1) is 16.5. The van der Waals surface area contributed by atoms with E-state index in [1.807, 2.05) is 0 Å². The van der Waals surface area contributed by atoms with E-state index in [-0.39, 0.29) is 0 Å². The molecule has 0 heterocycles. The molecule has 0 saturated heterocycles. The van der Waals surface area contributed by atoms with Crippen LogP contribution in [0.15, 0.2) is 0 Å². The molecular formula is C4H7F4NO6S2. The van der Waals surface area contributed by atoms with Gasteiger partial charge in [-0.05, 0) is 0 Å². The molecule has 0 fully saturated rings. The van der Waals surface area contributed by atoms with E-state index in [0.29, 0.717) is 4.13 Å². The Morgan fingerprint density at radius 3 is 1.35 bits per heavy atom. The van der Waals surface area contributed by atoms with Gasteiger partial charge in [0.25, 0.3) is 12.9 Å². The average molecular weight is 305 g/mol. The molecule has 17 heavy (non-hydrogen) atoms. The summed E-state index contributed by atoms with van der Waals surface area (Å²) in [5, 5.41) is 0. The molecule has 0 aliphatic rings. The average Bonchev–Trinajstić information content (AvgIpc) is 2.10. The number of alkyl halides is 4. The largest absolute Gasteiger partial charge is 0.351 e. The van der Waals surface area contributed by atoms with Crippen molar-refractivity contribution in [1.29, 1.82) is 0 Å². The molecule has 0 saturated carbocycles. The fourth-order valence-electron chi connectivity index (χ4n) is 0.455. The minimum Gasteiger partial charge on any atom is -0.251 e. The van der Waals surface area contributed by atoms with E-state index in [1.165, 1.54) is 0 Å². The highest BCUT2D eigenvalue weighted by atomic mass is 32.3. The lowest BCUT2D eigenvalue weighted by Crippen LogP contribution is -2.35. The van der Waals surface area contributed by atoms with Gasteiger partial charge in [0, 0.05) is 0 Å². The van der Waals surface area contributed by atoms with Gasteiger partial charge < -0.3 is 0 Å². The summed E-state index contributed by atoms with van der Waals surface area (Å²) < 4.78 is 96.6. The number of rotatable bonds is 8. The molecule has 104 valence electrons. The summed E-state index contributed by atoms with van der Waals surface area (Å²) in [4.78, 5) is 0. The molecule has 0 amide bonds. The molecule has 0 aromatic rings. The van der Waals surface area contributed by atoms with E-state index in [0.717, 1.165) is 0 Å². The van der Waals surface area contributed by atoms with Gasteiger partial charge in [-0.3, -0.25) is 8.37 Å². The highest BCUT2D eigenvalue weighted by Crippen LogP contribution is 2.01. The molecule has 0 aliphatic heterocycles. The van der Waals surface area contributed by atoms with Gasteiger partial charge in [0.05, 0.1) is 0 Å². The first-order chi connectivity index (χ1) is 7.54. The van der Waals surface area contributed by atoms with Crippen LogP contribution in [0, 0.1) is 0 Å². The normalized spacial score (nSPS) is 13.5. The topological polar surface area (TPSA) is 98.8 Å². The van der Waals surface area contributed by atoms with Crippen LogP contribution in [-0.2, 0) is 29.0 Å². The maximum Gasteiger partial charge on any atom is 0.351 e. The molecule has 13 heteroatoms. The monoisotopic (exact) mass is 305 g/mol. The summed E-state index contributed by atoms with van der Waals surface area (Å²) in [5.74, 6) is 0. The summed E-state index contributed by atoms with van der Waals surface area (Å²) in [6.07, 6.45) is -6.31. The van der Waals surface area contributed by atoms with Gasteiger partial charge in [0.15, 0.2) is 0 Å². The van der Waals surface area contributed by atoms with E-state index in [1.54, 1.807) is 0 Å². The van der Waals surface area contributed by atoms with Crippen molar-refractivity contribution in [3.8, 4) is 0 Å². The summed E-state index contributed by atoms with van der Waals surface area (Å²) in [7, 11) is -10.1. The van der Waals surface area contributed by atoms with E-state index in [9.17, 15) is 34.4 Å². The Morgan fingerprint density at radius 2 is 1.12 bits per heavy atom. The predicted octanol–water partition coefficient (Wildman–Crippen LogP) is -0.371. The minimum absolute atomic E-state index is 0.677. The van der Waals surface area contributed by atoms with Gasteiger partial charge in [0.2, 0.25) is 0 Å². The summed E-state index contributed by atoms with van der Waals surface area (Å²) >= 11 is 0. The fourth-order valence-corrected chi connectivity index (χ4v) is 2.40. The van der Waals surface area contributed by atoms with Gasteiger partial charge in [-0.2, -0.15) is 16.8 Å². The van der Waals surface area contributed by atoms with E-state index >= 15 is 0 Å². The van der Waals surface area contributed by atoms with Gasteiger partial charge in [-0.1, -0.05) is 4.13 Å². The second-order valence-electron chi connectivity index (χ2n) is 2.34. The zero-order chi connectivity index (χ0) is 13.7. The molecule has 0 unspecified atom stereocenters. The van der Waals surface area contributed by atoms with Crippen LogP contribution < -0.4 is 4.13 Å². The predicted molar refractivity (Wildman–Crippen MR) is 44.9 cm³/mol. The van der Waals surface area contributed by atoms with Gasteiger partial charge in [-0.15, -0.1) is 0 Å². The van der Waals surface area contributed by atoms with Crippen LogP contribution in [0.3, 0.4) is 0 Å². The Bertz CT molecular complexity index is 379. The van der Waals surface area contributed by atoms with Crippen molar-refractivity contribution < 1.29 is 42.8 Å². The second-order valence-corrected chi connectivity index (χ2v) is 5.30. The molecule has 0 aromatic carbocycles. The number of nitrogens with one attached hydrogen (secondary N) is 1. The van der Waals surface area contributed by atoms with Crippen molar-refractivity contribution in [2.45, 2.75) is 12.9 Å². The minimum atomic E-state index is -5.07. The van der Waals surface area contributed by atoms with Crippen molar-refractivity contribution in [2.24, 2.45) is 0 Å². The first-order valence-electron chi connectivity index (χ1n) is 3.67. The van der Waals surface area contributed by atoms with E-state index in [2.05, 4.69) is 8.37 Å². The molecule has 0 aromatic heterocycles. The van der Waals surface area contributed by atoms with Crippen molar-refractivity contribution in [3.05, 3.63) is 0 Å². The Balaban J connectivity index is 4.39. The van der Waals surface area contributed by atoms with Crippen molar-refractivity contribution in [3.63, 3.8) is 0 Å². The Labute approximate surface area is 94.2 Å². The number of halogens is 4. The van der Waals surface area contributed by atoms with Crippen LogP contribution in [0.5, 0.6) is 0 Å². The molecule has 0 radical (unpaired) electrons. The van der Waals surface area contributed by atoms with Crippen LogP contribution >= 0.6 is 0 Å². The lowest BCUT2D eigenvalue weighted by molar-refractivity contribution is 0.0815. The maximum absolute atomic E-state index is 11.6. The zero-order valence-corrected chi connectivity index (χ0v) is 9.48. The third kappa shape index (κ3) is 9.22. The van der Waals surface area contributed by atoms with Crippen LogP contribution in [0.2, 0.25) is 0 Å². The van der Waals surface area contributed by atoms with Gasteiger partial charge in [-0.25, -0.2) is 17.6 Å². The molecule has 1 N–H and O–H groups in total. The van der Waals surface area contributed by atoms with Gasteiger partial charge >= 0.3 is 20.6 Å². The zero-order valence-electron chi connectivity index (χ0n) is 7.85. The summed E-state index contributed by atoms with van der Waals surface area (Å²) in [5.41, 5.74) is 0. The van der Waals surface area contributed by atoms with Crippen molar-refractivity contribution in [2.75, 3.05) is 13.2 Å². The lowest BCUT2D eigenvalue weighted by Gasteiger charge is -2.07. The standard InChI is InChI=1S/C4H7F4NO6S2/c5-3(6)1-14-16(10,11)9-17(12,13)15-2-4(7)8/h3-4,9H,1-2H2. The molecular weight excluding hydrogens is 298 g/mol. The second kappa shape index (κ2) is 6.44. The highest BCUT2D eigenvalue weighted by molar-refractivity contribution is 8.00. The quantitative estimate of drug-likeness (QED) is 0.614. The maximum atomic E-state index is 11.6. The van der Waals surface area contributed by atoms with Gasteiger partial charge in [0.1, 0.15) is 13.2 Å². The van der Waals surface area contributed by atoms with Crippen LogP contribution in [-0.4, -0.2) is 42.9 Å². The molecule has 0 spiro atoms. The SMILES string of the molecule is O=S(=O)(NS(=O)(=O)OCC(F)F)OCC(F)F. The van der Waals surface area contributed by atoms with E-state index < -0.39 is 46.7 Å². The summed E-state index contributed by atoms with van der Waals surface area (Å²) in [6, 6.07) is 0. The molecule has 0 atom stereocenters. The van der Waals surface area contributed by atoms with Crippen LogP contribution in [0.4, 0.5) is 17.6 Å². The Morgan fingerprint density at radius 1 is 0.824 bits per heavy atom. The molecule has 7 nitrogen and oxygen atoms in total. The number of hydrogen-bond donors (Lipinski definition) is 1. The molecule has 0 bridgehead atoms. The van der Waals surface area contributed by atoms with Crippen molar-refractivity contribution in [1.82, 2.24) is 4.13 Å².